The largest absolute Gasteiger partial charge is 0.384 e. The number of aromatic nitrogens is 1. The number of anilines is 1. The molecule has 0 unspecified atom stereocenters. The lowest BCUT2D eigenvalue weighted by Gasteiger charge is -2.19. The summed E-state index contributed by atoms with van der Waals surface area (Å²) in [6.07, 6.45) is 2.16. The Balaban J connectivity index is 1.88. The molecule has 1 heterocycles. The van der Waals surface area contributed by atoms with E-state index in [1.807, 2.05) is 18.2 Å². The number of nitrogen functional groups attached to an aromatic ring is 1. The van der Waals surface area contributed by atoms with E-state index in [0.29, 0.717) is 18.8 Å². The molecule has 1 amide bonds. The van der Waals surface area contributed by atoms with Crippen LogP contribution in [-0.4, -0.2) is 16.9 Å². The molecule has 5 nitrogen and oxygen atoms in total. The molecule has 1 aromatic heterocycles. The summed E-state index contributed by atoms with van der Waals surface area (Å²) in [7, 11) is 0. The molecule has 0 spiro atoms. The van der Waals surface area contributed by atoms with E-state index in [-0.39, 0.29) is 11.3 Å². The third kappa shape index (κ3) is 5.06. The van der Waals surface area contributed by atoms with Crippen LogP contribution in [0.4, 0.5) is 5.82 Å². The third-order valence-corrected chi connectivity index (χ3v) is 3.93. The molecule has 0 saturated carbocycles. The van der Waals surface area contributed by atoms with E-state index in [2.05, 4.69) is 43.2 Å². The first-order chi connectivity index (χ1) is 11.3. The second kappa shape index (κ2) is 7.45. The molecule has 2 rings (SSSR count). The van der Waals surface area contributed by atoms with Crippen LogP contribution in [0.25, 0.3) is 0 Å². The predicted molar refractivity (Wildman–Crippen MR) is 97.3 cm³/mol. The number of carbonyl (C=O) groups is 1. The van der Waals surface area contributed by atoms with Crippen LogP contribution in [-0.2, 0) is 23.2 Å². The first-order valence-corrected chi connectivity index (χ1v) is 8.09. The van der Waals surface area contributed by atoms with Crippen molar-refractivity contribution < 1.29 is 4.79 Å². The normalized spacial score (nSPS) is 12.7. The maximum atomic E-state index is 12.1. The minimum atomic E-state index is -0.577. The monoisotopic (exact) mass is 326 g/mol. The molecule has 0 saturated heterocycles. The molecule has 5 N–H and O–H groups in total. The maximum absolute atomic E-state index is 12.1. The lowest BCUT2D eigenvalue weighted by atomic mass is 9.86. The first kappa shape index (κ1) is 17.9. The molecule has 0 fully saturated rings. The van der Waals surface area contributed by atoms with E-state index in [1.54, 1.807) is 12.3 Å². The minimum absolute atomic E-state index is 0.116. The highest BCUT2D eigenvalue weighted by Gasteiger charge is 2.16. The number of nitrogens with zero attached hydrogens (tertiary/aromatic N) is 1. The topological polar surface area (TPSA) is 94.0 Å². The van der Waals surface area contributed by atoms with Gasteiger partial charge in [-0.05, 0) is 34.6 Å². The Morgan fingerprint density at radius 1 is 1.12 bits per heavy atom. The predicted octanol–water partition coefficient (Wildman–Crippen LogP) is 2.15. The number of nitrogens with one attached hydrogen (secondary N) is 1. The highest BCUT2D eigenvalue weighted by Crippen LogP contribution is 2.22. The summed E-state index contributed by atoms with van der Waals surface area (Å²) in [6.45, 7) is 6.91. The number of benzene rings is 1. The van der Waals surface area contributed by atoms with E-state index in [1.165, 1.54) is 5.56 Å². The van der Waals surface area contributed by atoms with Gasteiger partial charge in [0.25, 0.3) is 0 Å². The zero-order chi connectivity index (χ0) is 17.7. The Morgan fingerprint density at radius 3 is 2.29 bits per heavy atom. The SMILES string of the molecule is CC(C)(C)c1ccc(C[C@H](N)C(=O)NCc2ccc(N)nc2)cc1. The second-order valence-electron chi connectivity index (χ2n) is 7.07. The van der Waals surface area contributed by atoms with Gasteiger partial charge in [-0.3, -0.25) is 4.79 Å². The number of amides is 1. The Bertz CT molecular complexity index is 672. The highest BCUT2D eigenvalue weighted by atomic mass is 16.2. The second-order valence-corrected chi connectivity index (χ2v) is 7.07. The van der Waals surface area contributed by atoms with Gasteiger partial charge in [0.05, 0.1) is 6.04 Å². The molecule has 0 aliphatic heterocycles. The van der Waals surface area contributed by atoms with Gasteiger partial charge in [0.2, 0.25) is 5.91 Å². The summed E-state index contributed by atoms with van der Waals surface area (Å²) in [5.41, 5.74) is 14.9. The molecule has 128 valence electrons. The molecule has 0 aliphatic rings. The quantitative estimate of drug-likeness (QED) is 0.784. The van der Waals surface area contributed by atoms with Crippen molar-refractivity contribution in [1.29, 1.82) is 0 Å². The van der Waals surface area contributed by atoms with Crippen molar-refractivity contribution in [1.82, 2.24) is 10.3 Å². The van der Waals surface area contributed by atoms with Crippen molar-refractivity contribution in [3.8, 4) is 0 Å². The van der Waals surface area contributed by atoms with Gasteiger partial charge in [-0.25, -0.2) is 4.98 Å². The molecule has 2 aromatic rings. The van der Waals surface area contributed by atoms with Gasteiger partial charge in [-0.15, -0.1) is 0 Å². The smallest absolute Gasteiger partial charge is 0.237 e. The van der Waals surface area contributed by atoms with Gasteiger partial charge in [-0.1, -0.05) is 51.1 Å². The van der Waals surface area contributed by atoms with Crippen LogP contribution in [0.1, 0.15) is 37.5 Å². The van der Waals surface area contributed by atoms with Gasteiger partial charge in [-0.2, -0.15) is 0 Å². The number of hydrogen-bond donors (Lipinski definition) is 3. The van der Waals surface area contributed by atoms with Crippen LogP contribution in [0.3, 0.4) is 0 Å². The lowest BCUT2D eigenvalue weighted by molar-refractivity contribution is -0.122. The van der Waals surface area contributed by atoms with Crippen LogP contribution in [0.2, 0.25) is 0 Å². The molecule has 5 heteroatoms. The Kier molecular flexibility index (Phi) is 5.57. The van der Waals surface area contributed by atoms with Crippen LogP contribution in [0, 0.1) is 0 Å². The summed E-state index contributed by atoms with van der Waals surface area (Å²) in [6, 6.07) is 11.2. The van der Waals surface area contributed by atoms with Gasteiger partial charge in [0.1, 0.15) is 5.82 Å². The molecule has 24 heavy (non-hydrogen) atoms. The van der Waals surface area contributed by atoms with Gasteiger partial charge < -0.3 is 16.8 Å². The maximum Gasteiger partial charge on any atom is 0.237 e. The van der Waals surface area contributed by atoms with Crippen LogP contribution >= 0.6 is 0 Å². The van der Waals surface area contributed by atoms with Crippen molar-refractivity contribution in [2.24, 2.45) is 5.73 Å². The summed E-state index contributed by atoms with van der Waals surface area (Å²) in [5.74, 6) is 0.284. The van der Waals surface area contributed by atoms with Gasteiger partial charge in [0, 0.05) is 12.7 Å². The van der Waals surface area contributed by atoms with Gasteiger partial charge >= 0.3 is 0 Å². The summed E-state index contributed by atoms with van der Waals surface area (Å²) in [5, 5.41) is 2.83. The zero-order valence-electron chi connectivity index (χ0n) is 14.5. The van der Waals surface area contributed by atoms with E-state index in [9.17, 15) is 4.79 Å². The summed E-state index contributed by atoms with van der Waals surface area (Å²) in [4.78, 5) is 16.1. The summed E-state index contributed by atoms with van der Waals surface area (Å²) < 4.78 is 0. The fourth-order valence-corrected chi connectivity index (χ4v) is 2.35. The number of carbonyl (C=O) groups excluding carboxylic acids is 1. The summed E-state index contributed by atoms with van der Waals surface area (Å²) >= 11 is 0. The molecule has 0 radical (unpaired) electrons. The minimum Gasteiger partial charge on any atom is -0.384 e. The van der Waals surface area contributed by atoms with Crippen LogP contribution in [0.5, 0.6) is 0 Å². The van der Waals surface area contributed by atoms with Crippen molar-refractivity contribution in [2.75, 3.05) is 5.73 Å². The molecule has 1 aromatic carbocycles. The fraction of sp³-hybridized carbons (Fsp3) is 0.368. The van der Waals surface area contributed by atoms with Crippen molar-refractivity contribution in [3.05, 3.63) is 59.3 Å². The van der Waals surface area contributed by atoms with E-state index in [0.717, 1.165) is 11.1 Å². The number of nitrogens with two attached hydrogens (primary N) is 2. The molecule has 1 atom stereocenters. The van der Waals surface area contributed by atoms with E-state index in [4.69, 9.17) is 11.5 Å². The van der Waals surface area contributed by atoms with Gasteiger partial charge in [0.15, 0.2) is 0 Å². The highest BCUT2D eigenvalue weighted by molar-refractivity contribution is 5.81. The average Bonchev–Trinajstić information content (AvgIpc) is 2.53. The molecular formula is C19H26N4O. The molecule has 0 aliphatic carbocycles. The number of hydrogen-bond acceptors (Lipinski definition) is 4. The Morgan fingerprint density at radius 2 is 1.75 bits per heavy atom. The molecule has 0 bridgehead atoms. The van der Waals surface area contributed by atoms with Crippen LogP contribution < -0.4 is 16.8 Å². The van der Waals surface area contributed by atoms with Crippen molar-refractivity contribution in [2.45, 2.75) is 45.2 Å². The van der Waals surface area contributed by atoms with Crippen molar-refractivity contribution >= 4 is 11.7 Å². The fourth-order valence-electron chi connectivity index (χ4n) is 2.35. The average molecular weight is 326 g/mol. The molecular weight excluding hydrogens is 300 g/mol. The number of pyridine rings is 1. The lowest BCUT2D eigenvalue weighted by Crippen LogP contribution is -2.41. The van der Waals surface area contributed by atoms with Crippen LogP contribution in [0.15, 0.2) is 42.6 Å². The third-order valence-electron chi connectivity index (χ3n) is 3.93. The Hall–Kier alpha value is -2.40. The van der Waals surface area contributed by atoms with Crippen molar-refractivity contribution in [3.63, 3.8) is 0 Å². The number of rotatable bonds is 5. The van der Waals surface area contributed by atoms with E-state index < -0.39 is 6.04 Å². The standard InChI is InChI=1S/C19H26N4O/c1-19(2,3)15-7-4-13(5-8-15)10-16(20)18(24)23-12-14-6-9-17(21)22-11-14/h4-9,11,16H,10,12,20H2,1-3H3,(H2,21,22)(H,23,24)/t16-/m0/s1. The van der Waals surface area contributed by atoms with E-state index >= 15 is 0 Å². The first-order valence-electron chi connectivity index (χ1n) is 8.09. The zero-order valence-corrected chi connectivity index (χ0v) is 14.5. The Labute approximate surface area is 143 Å².